The minimum atomic E-state index is 0.451. The molecule has 0 bridgehead atoms. The Labute approximate surface area is 118 Å². The van der Waals surface area contributed by atoms with Gasteiger partial charge in [-0.15, -0.1) is 0 Å². The third-order valence-electron chi connectivity index (χ3n) is 3.00. The minimum absolute atomic E-state index is 0.451. The van der Waals surface area contributed by atoms with Crippen LogP contribution in [0.5, 0.6) is 0 Å². The van der Waals surface area contributed by atoms with E-state index in [1.165, 1.54) is 0 Å². The van der Waals surface area contributed by atoms with Crippen LogP contribution < -0.4 is 5.32 Å². The number of nitrogens with one attached hydrogen (secondary N) is 1. The molecule has 5 heteroatoms. The summed E-state index contributed by atoms with van der Waals surface area (Å²) in [6, 6.07) is 8.11. The second-order valence-corrected chi connectivity index (χ2v) is 5.03. The van der Waals surface area contributed by atoms with Crippen LogP contribution >= 0.6 is 11.6 Å². The molecule has 0 aliphatic carbocycles. The van der Waals surface area contributed by atoms with Crippen molar-refractivity contribution >= 4 is 11.6 Å². The molecule has 0 aliphatic rings. The van der Waals surface area contributed by atoms with Gasteiger partial charge in [0, 0.05) is 17.5 Å². The summed E-state index contributed by atoms with van der Waals surface area (Å²) in [5, 5.41) is 8.03. The smallest absolute Gasteiger partial charge is 0.240 e. The Morgan fingerprint density at radius 3 is 2.74 bits per heavy atom. The molecular formula is C14H18ClN3O. The van der Waals surface area contributed by atoms with Crippen molar-refractivity contribution in [1.29, 1.82) is 0 Å². The molecule has 0 aliphatic heterocycles. The van der Waals surface area contributed by atoms with Gasteiger partial charge in [-0.2, -0.15) is 4.98 Å². The van der Waals surface area contributed by atoms with Crippen molar-refractivity contribution in [2.45, 2.75) is 39.3 Å². The minimum Gasteiger partial charge on any atom is -0.338 e. The van der Waals surface area contributed by atoms with Gasteiger partial charge < -0.3 is 9.84 Å². The lowest BCUT2D eigenvalue weighted by Gasteiger charge is -2.07. The van der Waals surface area contributed by atoms with E-state index in [0.29, 0.717) is 30.7 Å². The van der Waals surface area contributed by atoms with E-state index in [0.717, 1.165) is 17.0 Å². The van der Waals surface area contributed by atoms with Crippen LogP contribution in [0, 0.1) is 0 Å². The van der Waals surface area contributed by atoms with E-state index in [1.807, 2.05) is 24.3 Å². The third-order valence-corrected chi connectivity index (χ3v) is 3.25. The molecule has 1 unspecified atom stereocenters. The van der Waals surface area contributed by atoms with Crippen molar-refractivity contribution in [1.82, 2.24) is 15.5 Å². The summed E-state index contributed by atoms with van der Waals surface area (Å²) in [5.41, 5.74) is 1.12. The fraction of sp³-hybridized carbons (Fsp3) is 0.429. The topological polar surface area (TPSA) is 51.0 Å². The van der Waals surface area contributed by atoms with Crippen LogP contribution in [0.2, 0.25) is 5.02 Å². The molecule has 2 aromatic rings. The Kier molecular flexibility index (Phi) is 4.93. The predicted octanol–water partition coefficient (Wildman–Crippen LogP) is 3.20. The SMILES string of the molecule is CCC(C)NCc1nc(Cc2ccc(Cl)cc2)no1. The molecule has 0 radical (unpaired) electrons. The molecule has 2 rings (SSSR count). The highest BCUT2D eigenvalue weighted by atomic mass is 35.5. The fourth-order valence-corrected chi connectivity index (χ4v) is 1.75. The second kappa shape index (κ2) is 6.68. The summed E-state index contributed by atoms with van der Waals surface area (Å²) in [6.07, 6.45) is 1.73. The van der Waals surface area contributed by atoms with Gasteiger partial charge in [-0.3, -0.25) is 0 Å². The molecule has 4 nitrogen and oxygen atoms in total. The van der Waals surface area contributed by atoms with Gasteiger partial charge in [0.25, 0.3) is 0 Å². The van der Waals surface area contributed by atoms with Crippen LogP contribution in [0.4, 0.5) is 0 Å². The highest BCUT2D eigenvalue weighted by Gasteiger charge is 2.08. The van der Waals surface area contributed by atoms with E-state index in [1.54, 1.807) is 0 Å². The van der Waals surface area contributed by atoms with E-state index in [-0.39, 0.29) is 0 Å². The van der Waals surface area contributed by atoms with Gasteiger partial charge >= 0.3 is 0 Å². The van der Waals surface area contributed by atoms with E-state index in [2.05, 4.69) is 29.3 Å². The van der Waals surface area contributed by atoms with Crippen LogP contribution in [0.3, 0.4) is 0 Å². The lowest BCUT2D eigenvalue weighted by atomic mass is 10.1. The standard InChI is InChI=1S/C14H18ClN3O/c1-3-10(2)16-9-14-17-13(18-19-14)8-11-4-6-12(15)7-5-11/h4-7,10,16H,3,8-9H2,1-2H3. The van der Waals surface area contributed by atoms with Crippen molar-refractivity contribution in [3.63, 3.8) is 0 Å². The van der Waals surface area contributed by atoms with E-state index in [9.17, 15) is 0 Å². The Morgan fingerprint density at radius 1 is 1.32 bits per heavy atom. The Hall–Kier alpha value is -1.39. The van der Waals surface area contributed by atoms with Gasteiger partial charge in [0.15, 0.2) is 5.82 Å². The summed E-state index contributed by atoms with van der Waals surface area (Å²) >= 11 is 5.85. The maximum Gasteiger partial charge on any atom is 0.240 e. The first-order chi connectivity index (χ1) is 9.17. The number of hydrogen-bond donors (Lipinski definition) is 1. The molecule has 19 heavy (non-hydrogen) atoms. The van der Waals surface area contributed by atoms with Crippen molar-refractivity contribution in [3.8, 4) is 0 Å². The zero-order chi connectivity index (χ0) is 13.7. The highest BCUT2D eigenvalue weighted by Crippen LogP contribution is 2.12. The number of benzene rings is 1. The molecule has 1 aromatic carbocycles. The molecule has 1 N–H and O–H groups in total. The number of halogens is 1. The summed E-state index contributed by atoms with van der Waals surface area (Å²) < 4.78 is 5.21. The average molecular weight is 280 g/mol. The van der Waals surface area contributed by atoms with Crippen molar-refractivity contribution in [2.75, 3.05) is 0 Å². The normalized spacial score (nSPS) is 12.6. The van der Waals surface area contributed by atoms with Gasteiger partial charge in [0.2, 0.25) is 5.89 Å². The van der Waals surface area contributed by atoms with Crippen LogP contribution in [0.1, 0.15) is 37.5 Å². The number of aromatic nitrogens is 2. The highest BCUT2D eigenvalue weighted by molar-refractivity contribution is 6.30. The van der Waals surface area contributed by atoms with Crippen LogP contribution in [-0.4, -0.2) is 16.2 Å². The maximum absolute atomic E-state index is 5.85. The van der Waals surface area contributed by atoms with E-state index in [4.69, 9.17) is 16.1 Å². The molecular weight excluding hydrogens is 262 g/mol. The number of hydrogen-bond acceptors (Lipinski definition) is 4. The summed E-state index contributed by atoms with van der Waals surface area (Å²) in [5.74, 6) is 1.33. The van der Waals surface area contributed by atoms with Gasteiger partial charge in [-0.25, -0.2) is 0 Å². The number of rotatable bonds is 6. The van der Waals surface area contributed by atoms with Gasteiger partial charge in [-0.05, 0) is 31.0 Å². The Balaban J connectivity index is 1.91. The zero-order valence-electron chi connectivity index (χ0n) is 11.2. The first kappa shape index (κ1) is 14.0. The van der Waals surface area contributed by atoms with Crippen LogP contribution in [0.25, 0.3) is 0 Å². The van der Waals surface area contributed by atoms with Crippen molar-refractivity contribution < 1.29 is 4.52 Å². The quantitative estimate of drug-likeness (QED) is 0.882. The molecule has 1 aromatic heterocycles. The summed E-state index contributed by atoms with van der Waals surface area (Å²) in [6.45, 7) is 4.88. The predicted molar refractivity (Wildman–Crippen MR) is 75.1 cm³/mol. The fourth-order valence-electron chi connectivity index (χ4n) is 1.62. The van der Waals surface area contributed by atoms with Crippen molar-refractivity contribution in [3.05, 3.63) is 46.6 Å². The van der Waals surface area contributed by atoms with Gasteiger partial charge in [0.1, 0.15) is 0 Å². The first-order valence-electron chi connectivity index (χ1n) is 6.46. The molecule has 0 saturated carbocycles. The summed E-state index contributed by atoms with van der Waals surface area (Å²) in [4.78, 5) is 4.36. The van der Waals surface area contributed by atoms with Crippen LogP contribution in [-0.2, 0) is 13.0 Å². The first-order valence-corrected chi connectivity index (χ1v) is 6.84. The van der Waals surface area contributed by atoms with E-state index < -0.39 is 0 Å². The molecule has 1 heterocycles. The molecule has 0 spiro atoms. The Bertz CT molecular complexity index is 510. The maximum atomic E-state index is 5.85. The largest absolute Gasteiger partial charge is 0.338 e. The average Bonchev–Trinajstić information content (AvgIpc) is 2.86. The molecule has 1 atom stereocenters. The van der Waals surface area contributed by atoms with E-state index >= 15 is 0 Å². The van der Waals surface area contributed by atoms with Gasteiger partial charge in [0.05, 0.1) is 6.54 Å². The number of nitrogens with zero attached hydrogens (tertiary/aromatic N) is 2. The molecule has 0 amide bonds. The third kappa shape index (κ3) is 4.33. The monoisotopic (exact) mass is 279 g/mol. The second-order valence-electron chi connectivity index (χ2n) is 4.60. The van der Waals surface area contributed by atoms with Crippen LogP contribution in [0.15, 0.2) is 28.8 Å². The lowest BCUT2D eigenvalue weighted by molar-refractivity contribution is 0.354. The van der Waals surface area contributed by atoms with Crippen molar-refractivity contribution in [2.24, 2.45) is 0 Å². The lowest BCUT2D eigenvalue weighted by Crippen LogP contribution is -2.24. The Morgan fingerprint density at radius 2 is 2.05 bits per heavy atom. The zero-order valence-corrected chi connectivity index (χ0v) is 11.9. The molecule has 0 fully saturated rings. The van der Waals surface area contributed by atoms with Gasteiger partial charge in [-0.1, -0.05) is 35.8 Å². The summed E-state index contributed by atoms with van der Waals surface area (Å²) in [7, 11) is 0. The molecule has 0 saturated heterocycles. The molecule has 102 valence electrons.